The summed E-state index contributed by atoms with van der Waals surface area (Å²) in [6.07, 6.45) is 3.31. The summed E-state index contributed by atoms with van der Waals surface area (Å²) in [4.78, 5) is 14.3. The molecule has 1 amide bonds. The summed E-state index contributed by atoms with van der Waals surface area (Å²) >= 11 is 5.73. The summed E-state index contributed by atoms with van der Waals surface area (Å²) in [5.41, 5.74) is 1.90. The number of piperidine rings is 1. The quantitative estimate of drug-likeness (QED) is 0.858. The molecule has 5 heteroatoms. The first-order valence-corrected chi connectivity index (χ1v) is 8.99. The second kappa shape index (κ2) is 8.45. The van der Waals surface area contributed by atoms with E-state index < -0.39 is 5.82 Å². The summed E-state index contributed by atoms with van der Waals surface area (Å²) < 4.78 is 13.1. The van der Waals surface area contributed by atoms with Crippen LogP contribution in [0.5, 0.6) is 0 Å². The van der Waals surface area contributed by atoms with E-state index in [0.29, 0.717) is 18.2 Å². The lowest BCUT2D eigenvalue weighted by molar-refractivity contribution is -0.117. The number of nitrogens with zero attached hydrogens (tertiary/aromatic N) is 1. The Morgan fingerprint density at radius 2 is 1.88 bits per heavy atom. The normalized spacial score (nSPS) is 15.9. The Morgan fingerprint density at radius 3 is 2.56 bits per heavy atom. The number of nitrogens with one attached hydrogen (secondary N) is 1. The molecular weight excluding hydrogens is 339 g/mol. The van der Waals surface area contributed by atoms with Gasteiger partial charge >= 0.3 is 0 Å². The van der Waals surface area contributed by atoms with Gasteiger partial charge in [0.1, 0.15) is 5.82 Å². The number of anilines is 1. The maximum absolute atomic E-state index is 13.1. The molecule has 0 unspecified atom stereocenters. The Labute approximate surface area is 152 Å². The van der Waals surface area contributed by atoms with Crippen LogP contribution in [0.3, 0.4) is 0 Å². The SMILES string of the molecule is O=C(CN1CCC(Cc2ccccc2)CC1)Nc1ccc(F)c(Cl)c1. The van der Waals surface area contributed by atoms with E-state index in [-0.39, 0.29) is 10.9 Å². The minimum Gasteiger partial charge on any atom is -0.325 e. The minimum absolute atomic E-state index is 0.0135. The molecule has 2 aromatic carbocycles. The molecule has 25 heavy (non-hydrogen) atoms. The number of halogens is 2. The molecule has 132 valence electrons. The summed E-state index contributed by atoms with van der Waals surface area (Å²) in [6.45, 7) is 2.21. The Hall–Kier alpha value is -1.91. The Morgan fingerprint density at radius 1 is 1.16 bits per heavy atom. The van der Waals surface area contributed by atoms with Crippen molar-refractivity contribution >= 4 is 23.2 Å². The first-order valence-electron chi connectivity index (χ1n) is 8.61. The van der Waals surface area contributed by atoms with Crippen molar-refractivity contribution in [3.8, 4) is 0 Å². The largest absolute Gasteiger partial charge is 0.325 e. The predicted octanol–water partition coefficient (Wildman–Crippen LogP) is 4.37. The zero-order chi connectivity index (χ0) is 17.6. The van der Waals surface area contributed by atoms with Gasteiger partial charge in [-0.3, -0.25) is 9.69 Å². The third kappa shape index (κ3) is 5.28. The lowest BCUT2D eigenvalue weighted by Crippen LogP contribution is -2.39. The zero-order valence-corrected chi connectivity index (χ0v) is 14.8. The van der Waals surface area contributed by atoms with Crippen molar-refractivity contribution in [2.75, 3.05) is 25.0 Å². The average Bonchev–Trinajstić information content (AvgIpc) is 2.61. The topological polar surface area (TPSA) is 32.3 Å². The smallest absolute Gasteiger partial charge is 0.238 e. The summed E-state index contributed by atoms with van der Waals surface area (Å²) in [5, 5.41) is 2.79. The highest BCUT2D eigenvalue weighted by atomic mass is 35.5. The Balaban J connectivity index is 1.43. The Bertz CT molecular complexity index is 715. The van der Waals surface area contributed by atoms with Gasteiger partial charge in [-0.25, -0.2) is 4.39 Å². The maximum atomic E-state index is 13.1. The van der Waals surface area contributed by atoms with Crippen molar-refractivity contribution < 1.29 is 9.18 Å². The van der Waals surface area contributed by atoms with Gasteiger partial charge in [0, 0.05) is 5.69 Å². The van der Waals surface area contributed by atoms with Gasteiger partial charge in [-0.15, -0.1) is 0 Å². The second-order valence-corrected chi connectivity index (χ2v) is 6.99. The number of likely N-dealkylation sites (tertiary alicyclic amines) is 1. The van der Waals surface area contributed by atoms with Gasteiger partial charge in [0.25, 0.3) is 0 Å². The third-order valence-corrected chi connectivity index (χ3v) is 4.93. The highest BCUT2D eigenvalue weighted by molar-refractivity contribution is 6.31. The molecule has 1 aliphatic heterocycles. The van der Waals surface area contributed by atoms with Gasteiger partial charge < -0.3 is 5.32 Å². The third-order valence-electron chi connectivity index (χ3n) is 4.64. The zero-order valence-electron chi connectivity index (χ0n) is 14.1. The molecule has 0 saturated carbocycles. The van der Waals surface area contributed by atoms with E-state index in [1.54, 1.807) is 0 Å². The fraction of sp³-hybridized carbons (Fsp3) is 0.350. The molecule has 3 rings (SSSR count). The van der Waals surface area contributed by atoms with Crippen molar-refractivity contribution in [1.82, 2.24) is 4.90 Å². The van der Waals surface area contributed by atoms with Crippen LogP contribution in [-0.4, -0.2) is 30.4 Å². The van der Waals surface area contributed by atoms with Gasteiger partial charge in [-0.1, -0.05) is 41.9 Å². The van der Waals surface area contributed by atoms with Crippen LogP contribution >= 0.6 is 11.6 Å². The predicted molar refractivity (Wildman–Crippen MR) is 99.3 cm³/mol. The molecule has 0 spiro atoms. The van der Waals surface area contributed by atoms with Crippen LogP contribution in [0.25, 0.3) is 0 Å². The van der Waals surface area contributed by atoms with Gasteiger partial charge in [0.05, 0.1) is 11.6 Å². The molecule has 1 aliphatic rings. The molecule has 0 aromatic heterocycles. The van der Waals surface area contributed by atoms with E-state index in [1.807, 2.05) is 6.07 Å². The van der Waals surface area contributed by atoms with E-state index in [4.69, 9.17) is 11.6 Å². The molecule has 1 fully saturated rings. The molecule has 1 saturated heterocycles. The van der Waals surface area contributed by atoms with E-state index in [0.717, 1.165) is 32.4 Å². The summed E-state index contributed by atoms with van der Waals surface area (Å²) in [7, 11) is 0. The molecule has 1 heterocycles. The van der Waals surface area contributed by atoms with Crippen LogP contribution < -0.4 is 5.32 Å². The van der Waals surface area contributed by atoms with Crippen molar-refractivity contribution in [3.05, 3.63) is 64.9 Å². The lowest BCUT2D eigenvalue weighted by atomic mass is 9.90. The first-order chi connectivity index (χ1) is 12.1. The molecule has 3 nitrogen and oxygen atoms in total. The summed E-state index contributed by atoms with van der Waals surface area (Å²) in [6, 6.07) is 14.8. The molecule has 0 radical (unpaired) electrons. The van der Waals surface area contributed by atoms with Crippen LogP contribution in [0.1, 0.15) is 18.4 Å². The minimum atomic E-state index is -0.486. The monoisotopic (exact) mass is 360 g/mol. The number of benzene rings is 2. The van der Waals surface area contributed by atoms with Crippen molar-refractivity contribution in [1.29, 1.82) is 0 Å². The number of hydrogen-bond donors (Lipinski definition) is 1. The van der Waals surface area contributed by atoms with Crippen LogP contribution in [-0.2, 0) is 11.2 Å². The molecule has 2 aromatic rings. The number of rotatable bonds is 5. The van der Waals surface area contributed by atoms with E-state index >= 15 is 0 Å². The van der Waals surface area contributed by atoms with Crippen molar-refractivity contribution in [2.24, 2.45) is 5.92 Å². The van der Waals surface area contributed by atoms with Crippen molar-refractivity contribution in [3.63, 3.8) is 0 Å². The lowest BCUT2D eigenvalue weighted by Gasteiger charge is -2.31. The van der Waals surface area contributed by atoms with Crippen LogP contribution in [0.2, 0.25) is 5.02 Å². The number of amides is 1. The number of carbonyl (C=O) groups excluding carboxylic acids is 1. The maximum Gasteiger partial charge on any atom is 0.238 e. The van der Waals surface area contributed by atoms with Crippen LogP contribution in [0.15, 0.2) is 48.5 Å². The van der Waals surface area contributed by atoms with Gasteiger partial charge in [-0.05, 0) is 62.0 Å². The number of hydrogen-bond acceptors (Lipinski definition) is 2. The highest BCUT2D eigenvalue weighted by Gasteiger charge is 2.21. The average molecular weight is 361 g/mol. The van der Waals surface area contributed by atoms with E-state index in [9.17, 15) is 9.18 Å². The van der Waals surface area contributed by atoms with Gasteiger partial charge in [0.15, 0.2) is 0 Å². The standard InChI is InChI=1S/C20H22ClFN2O/c21-18-13-17(6-7-19(18)22)23-20(25)14-24-10-8-16(9-11-24)12-15-4-2-1-3-5-15/h1-7,13,16H,8-12,14H2,(H,23,25). The molecule has 1 N–H and O–H groups in total. The fourth-order valence-electron chi connectivity index (χ4n) is 3.27. The molecule has 0 bridgehead atoms. The van der Waals surface area contributed by atoms with E-state index in [1.165, 1.54) is 23.8 Å². The first kappa shape index (κ1) is 17.9. The number of carbonyl (C=O) groups is 1. The highest BCUT2D eigenvalue weighted by Crippen LogP contribution is 2.22. The van der Waals surface area contributed by atoms with Gasteiger partial charge in [0.2, 0.25) is 5.91 Å². The van der Waals surface area contributed by atoms with Crippen LogP contribution in [0.4, 0.5) is 10.1 Å². The van der Waals surface area contributed by atoms with E-state index in [2.05, 4.69) is 34.5 Å². The van der Waals surface area contributed by atoms with Crippen molar-refractivity contribution in [2.45, 2.75) is 19.3 Å². The summed E-state index contributed by atoms with van der Waals surface area (Å²) in [5.74, 6) is 0.0990. The molecular formula is C20H22ClFN2O. The molecule has 0 atom stereocenters. The van der Waals surface area contributed by atoms with Gasteiger partial charge in [-0.2, -0.15) is 0 Å². The molecule has 0 aliphatic carbocycles. The Kier molecular flexibility index (Phi) is 6.05. The fourth-order valence-corrected chi connectivity index (χ4v) is 3.45. The van der Waals surface area contributed by atoms with Crippen LogP contribution in [0, 0.1) is 11.7 Å². The second-order valence-electron chi connectivity index (χ2n) is 6.59.